The number of amides is 1. The van der Waals surface area contributed by atoms with Gasteiger partial charge in [0, 0.05) is 13.5 Å². The van der Waals surface area contributed by atoms with Crippen LogP contribution in [0.4, 0.5) is 5.82 Å². The van der Waals surface area contributed by atoms with Crippen molar-refractivity contribution < 1.29 is 4.79 Å². The molecular formula is C13H22N4OS. The van der Waals surface area contributed by atoms with Crippen LogP contribution in [0.3, 0.4) is 0 Å². The molecule has 0 radical (unpaired) electrons. The van der Waals surface area contributed by atoms with Gasteiger partial charge in [0.15, 0.2) is 0 Å². The van der Waals surface area contributed by atoms with E-state index in [0.29, 0.717) is 17.8 Å². The van der Waals surface area contributed by atoms with Crippen LogP contribution in [0.2, 0.25) is 0 Å². The van der Waals surface area contributed by atoms with Crippen molar-refractivity contribution >= 4 is 28.9 Å². The van der Waals surface area contributed by atoms with Gasteiger partial charge in [0.05, 0.1) is 11.8 Å². The summed E-state index contributed by atoms with van der Waals surface area (Å²) < 4.78 is 1.56. The highest BCUT2D eigenvalue weighted by Gasteiger charge is 2.23. The Morgan fingerprint density at radius 2 is 2.16 bits per heavy atom. The van der Waals surface area contributed by atoms with E-state index in [9.17, 15) is 4.79 Å². The van der Waals surface area contributed by atoms with Gasteiger partial charge in [-0.3, -0.25) is 9.48 Å². The molecule has 0 fully saturated rings. The number of anilines is 1. The van der Waals surface area contributed by atoms with Crippen LogP contribution in [0.1, 0.15) is 39.7 Å². The van der Waals surface area contributed by atoms with E-state index in [-0.39, 0.29) is 22.2 Å². The van der Waals surface area contributed by atoms with Crippen molar-refractivity contribution in [3.05, 3.63) is 11.8 Å². The third-order valence-corrected chi connectivity index (χ3v) is 3.65. The SMILES string of the molecule is CC(CC(=O)Nc1c(C(N)=S)cnn1C)C(C)(C)C. The van der Waals surface area contributed by atoms with Crippen LogP contribution in [0.5, 0.6) is 0 Å². The third-order valence-electron chi connectivity index (χ3n) is 3.43. The van der Waals surface area contributed by atoms with Crippen LogP contribution in [-0.4, -0.2) is 20.7 Å². The number of nitrogens with two attached hydrogens (primary N) is 1. The molecule has 0 saturated heterocycles. The molecule has 19 heavy (non-hydrogen) atoms. The predicted octanol–water partition coefficient (Wildman–Crippen LogP) is 2.07. The van der Waals surface area contributed by atoms with Crippen LogP contribution in [0.25, 0.3) is 0 Å². The minimum atomic E-state index is -0.0523. The Morgan fingerprint density at radius 1 is 1.58 bits per heavy atom. The van der Waals surface area contributed by atoms with Crippen LogP contribution in [0.15, 0.2) is 6.20 Å². The molecule has 0 saturated carbocycles. The van der Waals surface area contributed by atoms with E-state index in [4.69, 9.17) is 18.0 Å². The van der Waals surface area contributed by atoms with Crippen molar-refractivity contribution in [1.82, 2.24) is 9.78 Å². The van der Waals surface area contributed by atoms with Crippen LogP contribution in [-0.2, 0) is 11.8 Å². The van der Waals surface area contributed by atoms with Crippen molar-refractivity contribution in [3.63, 3.8) is 0 Å². The number of carbonyl (C=O) groups excluding carboxylic acids is 1. The van der Waals surface area contributed by atoms with E-state index in [1.165, 1.54) is 0 Å². The van der Waals surface area contributed by atoms with Gasteiger partial charge in [-0.05, 0) is 11.3 Å². The van der Waals surface area contributed by atoms with Gasteiger partial charge in [-0.1, -0.05) is 39.9 Å². The van der Waals surface area contributed by atoms with E-state index >= 15 is 0 Å². The highest BCUT2D eigenvalue weighted by atomic mass is 32.1. The maximum absolute atomic E-state index is 12.1. The minimum Gasteiger partial charge on any atom is -0.389 e. The van der Waals surface area contributed by atoms with E-state index in [0.717, 1.165) is 0 Å². The molecule has 106 valence electrons. The lowest BCUT2D eigenvalue weighted by atomic mass is 9.80. The fraction of sp³-hybridized carbons (Fsp3) is 0.615. The Labute approximate surface area is 119 Å². The first-order chi connectivity index (χ1) is 8.62. The summed E-state index contributed by atoms with van der Waals surface area (Å²) in [4.78, 5) is 12.3. The van der Waals surface area contributed by atoms with Crippen molar-refractivity contribution in [2.24, 2.45) is 24.1 Å². The number of nitrogens with one attached hydrogen (secondary N) is 1. The minimum absolute atomic E-state index is 0.0523. The average molecular weight is 282 g/mol. The molecule has 1 aromatic rings. The monoisotopic (exact) mass is 282 g/mol. The first kappa shape index (κ1) is 15.6. The zero-order chi connectivity index (χ0) is 14.8. The van der Waals surface area contributed by atoms with Crippen molar-refractivity contribution in [2.45, 2.75) is 34.1 Å². The lowest BCUT2D eigenvalue weighted by Gasteiger charge is -2.26. The van der Waals surface area contributed by atoms with E-state index in [1.807, 2.05) is 0 Å². The van der Waals surface area contributed by atoms with Crippen LogP contribution in [0, 0.1) is 11.3 Å². The zero-order valence-electron chi connectivity index (χ0n) is 12.2. The first-order valence-corrected chi connectivity index (χ1v) is 6.65. The fourth-order valence-electron chi connectivity index (χ4n) is 1.53. The smallest absolute Gasteiger partial charge is 0.225 e. The third kappa shape index (κ3) is 4.02. The number of aryl methyl sites for hydroxylation is 1. The second-order valence-corrected chi connectivity index (χ2v) is 6.35. The number of carbonyl (C=O) groups is 1. The zero-order valence-corrected chi connectivity index (χ0v) is 13.0. The second-order valence-electron chi connectivity index (χ2n) is 5.91. The maximum atomic E-state index is 12.1. The summed E-state index contributed by atoms with van der Waals surface area (Å²) in [6, 6.07) is 0. The lowest BCUT2D eigenvalue weighted by Crippen LogP contribution is -2.25. The molecule has 0 spiro atoms. The molecular weight excluding hydrogens is 260 g/mol. The molecule has 0 bridgehead atoms. The number of hydrogen-bond donors (Lipinski definition) is 2. The van der Waals surface area contributed by atoms with Crippen molar-refractivity contribution in [3.8, 4) is 0 Å². The Kier molecular flexibility index (Phi) is 4.68. The summed E-state index contributed by atoms with van der Waals surface area (Å²) in [5, 5.41) is 6.89. The second kappa shape index (κ2) is 5.69. The van der Waals surface area contributed by atoms with Gasteiger partial charge in [-0.2, -0.15) is 5.10 Å². The van der Waals surface area contributed by atoms with Gasteiger partial charge in [-0.15, -0.1) is 0 Å². The molecule has 1 unspecified atom stereocenters. The number of rotatable bonds is 4. The normalized spacial score (nSPS) is 13.1. The van der Waals surface area contributed by atoms with Gasteiger partial charge in [0.1, 0.15) is 10.8 Å². The Balaban J connectivity index is 2.78. The topological polar surface area (TPSA) is 72.9 Å². The molecule has 0 aliphatic heterocycles. The molecule has 1 rings (SSSR count). The molecule has 0 aromatic carbocycles. The highest BCUT2D eigenvalue weighted by molar-refractivity contribution is 7.80. The van der Waals surface area contributed by atoms with Gasteiger partial charge in [0.2, 0.25) is 5.91 Å². The number of aromatic nitrogens is 2. The summed E-state index contributed by atoms with van der Waals surface area (Å²) in [5.74, 6) is 0.774. The average Bonchev–Trinajstić information content (AvgIpc) is 2.59. The summed E-state index contributed by atoms with van der Waals surface area (Å²) >= 11 is 4.94. The maximum Gasteiger partial charge on any atom is 0.225 e. The molecule has 0 aliphatic rings. The Hall–Kier alpha value is -1.43. The molecule has 1 amide bonds. The highest BCUT2D eigenvalue weighted by Crippen LogP contribution is 2.28. The van der Waals surface area contributed by atoms with Crippen LogP contribution < -0.4 is 11.1 Å². The molecule has 0 aliphatic carbocycles. The van der Waals surface area contributed by atoms with Gasteiger partial charge >= 0.3 is 0 Å². The molecule has 3 N–H and O–H groups in total. The van der Waals surface area contributed by atoms with Gasteiger partial charge in [-0.25, -0.2) is 0 Å². The van der Waals surface area contributed by atoms with E-state index in [1.54, 1.807) is 17.9 Å². The summed E-state index contributed by atoms with van der Waals surface area (Å²) in [5.41, 5.74) is 6.29. The molecule has 6 heteroatoms. The standard InChI is InChI=1S/C13H22N4OS/c1-8(13(2,3)4)6-10(18)16-12-9(11(14)19)7-15-17(12)5/h7-8H,6H2,1-5H3,(H2,14,19)(H,16,18). The Morgan fingerprint density at radius 3 is 2.63 bits per heavy atom. The quantitative estimate of drug-likeness (QED) is 0.829. The Bertz CT molecular complexity index is 487. The number of nitrogens with zero attached hydrogens (tertiary/aromatic N) is 2. The first-order valence-electron chi connectivity index (χ1n) is 6.24. The van der Waals surface area contributed by atoms with E-state index < -0.39 is 0 Å². The van der Waals surface area contributed by atoms with Crippen molar-refractivity contribution in [2.75, 3.05) is 5.32 Å². The van der Waals surface area contributed by atoms with E-state index in [2.05, 4.69) is 38.1 Å². The fourth-order valence-corrected chi connectivity index (χ4v) is 1.68. The molecule has 5 nitrogen and oxygen atoms in total. The van der Waals surface area contributed by atoms with Gasteiger partial charge < -0.3 is 11.1 Å². The largest absolute Gasteiger partial charge is 0.389 e. The molecule has 1 heterocycles. The van der Waals surface area contributed by atoms with Crippen LogP contribution >= 0.6 is 12.2 Å². The molecule has 1 aromatic heterocycles. The predicted molar refractivity (Wildman–Crippen MR) is 81.0 cm³/mol. The summed E-state index contributed by atoms with van der Waals surface area (Å²) in [6.07, 6.45) is 2.01. The summed E-state index contributed by atoms with van der Waals surface area (Å²) in [6.45, 7) is 8.43. The molecule has 1 atom stereocenters. The van der Waals surface area contributed by atoms with Crippen molar-refractivity contribution in [1.29, 1.82) is 0 Å². The number of thiocarbonyl (C=S) groups is 1. The number of hydrogen-bond acceptors (Lipinski definition) is 3. The lowest BCUT2D eigenvalue weighted by molar-refractivity contribution is -0.117. The van der Waals surface area contributed by atoms with Gasteiger partial charge in [0.25, 0.3) is 0 Å². The summed E-state index contributed by atoms with van der Waals surface area (Å²) in [7, 11) is 1.74.